The fourth-order valence-corrected chi connectivity index (χ4v) is 4.00. The molecule has 0 aliphatic carbocycles. The summed E-state index contributed by atoms with van der Waals surface area (Å²) in [7, 11) is 0. The molecule has 8 heteroatoms. The summed E-state index contributed by atoms with van der Waals surface area (Å²) in [5.41, 5.74) is 2.04. The Labute approximate surface area is 180 Å². The van der Waals surface area contributed by atoms with E-state index in [1.165, 1.54) is 5.56 Å². The Kier molecular flexibility index (Phi) is 5.35. The molecule has 1 aromatic carbocycles. The molecule has 1 fully saturated rings. The molecule has 0 saturated carbocycles. The predicted molar refractivity (Wildman–Crippen MR) is 118 cm³/mol. The van der Waals surface area contributed by atoms with E-state index in [9.17, 15) is 4.79 Å². The second kappa shape index (κ2) is 8.59. The number of aryl methyl sites for hydroxylation is 1. The fraction of sp³-hybridized carbons (Fsp3) is 0.304. The molecule has 0 spiro atoms. The SMILES string of the molecule is O=C(C1CCc2ccccc2O1)N1CCN(c2ccc(Nc3cccnc3)nn2)CC1. The lowest BCUT2D eigenvalue weighted by molar-refractivity contribution is -0.139. The maximum atomic E-state index is 13.0. The molecule has 3 aromatic rings. The van der Waals surface area contributed by atoms with Crippen LogP contribution in [0.2, 0.25) is 0 Å². The number of para-hydroxylation sites is 1. The predicted octanol–water partition coefficient (Wildman–Crippen LogP) is 2.66. The van der Waals surface area contributed by atoms with Crippen LogP contribution in [0.15, 0.2) is 60.9 Å². The molecule has 1 amide bonds. The van der Waals surface area contributed by atoms with Gasteiger partial charge in [0.15, 0.2) is 17.7 Å². The van der Waals surface area contributed by atoms with Gasteiger partial charge in [-0.3, -0.25) is 9.78 Å². The van der Waals surface area contributed by atoms with Crippen LogP contribution >= 0.6 is 0 Å². The Bertz CT molecular complexity index is 1040. The number of ether oxygens (including phenoxy) is 1. The molecule has 1 N–H and O–H groups in total. The van der Waals surface area contributed by atoms with Gasteiger partial charge in [0.2, 0.25) is 0 Å². The molecule has 158 valence electrons. The first kappa shape index (κ1) is 19.3. The minimum atomic E-state index is -0.390. The average Bonchev–Trinajstić information content (AvgIpc) is 2.84. The summed E-state index contributed by atoms with van der Waals surface area (Å²) in [4.78, 5) is 21.1. The highest BCUT2D eigenvalue weighted by atomic mass is 16.5. The fourth-order valence-electron chi connectivity index (χ4n) is 4.00. The smallest absolute Gasteiger partial charge is 0.263 e. The van der Waals surface area contributed by atoms with Gasteiger partial charge >= 0.3 is 0 Å². The van der Waals surface area contributed by atoms with E-state index in [0.717, 1.165) is 43.2 Å². The first-order valence-corrected chi connectivity index (χ1v) is 10.6. The van der Waals surface area contributed by atoms with Crippen molar-refractivity contribution in [3.05, 3.63) is 66.5 Å². The first-order chi connectivity index (χ1) is 15.3. The van der Waals surface area contributed by atoms with Crippen LogP contribution < -0.4 is 15.0 Å². The van der Waals surface area contributed by atoms with E-state index in [1.807, 2.05) is 47.4 Å². The lowest BCUT2D eigenvalue weighted by Gasteiger charge is -2.37. The van der Waals surface area contributed by atoms with Crippen molar-refractivity contribution in [3.8, 4) is 5.75 Å². The second-order valence-corrected chi connectivity index (χ2v) is 7.71. The minimum absolute atomic E-state index is 0.0799. The largest absolute Gasteiger partial charge is 0.480 e. The summed E-state index contributed by atoms with van der Waals surface area (Å²) < 4.78 is 5.98. The third-order valence-corrected chi connectivity index (χ3v) is 5.69. The highest BCUT2D eigenvalue weighted by molar-refractivity contribution is 5.82. The number of amides is 1. The Hall–Kier alpha value is -3.68. The molecule has 2 aliphatic rings. The number of nitrogens with zero attached hydrogens (tertiary/aromatic N) is 5. The van der Waals surface area contributed by atoms with Crippen LogP contribution in [0.3, 0.4) is 0 Å². The molecule has 0 bridgehead atoms. The number of aromatic nitrogens is 3. The topological polar surface area (TPSA) is 83.5 Å². The molecule has 5 rings (SSSR count). The normalized spacial score (nSPS) is 18.1. The molecule has 1 unspecified atom stereocenters. The second-order valence-electron chi connectivity index (χ2n) is 7.71. The molecule has 1 saturated heterocycles. The van der Waals surface area contributed by atoms with Crippen molar-refractivity contribution < 1.29 is 9.53 Å². The Morgan fingerprint density at radius 3 is 2.65 bits per heavy atom. The summed E-state index contributed by atoms with van der Waals surface area (Å²) in [5, 5.41) is 11.8. The van der Waals surface area contributed by atoms with Crippen molar-refractivity contribution in [1.29, 1.82) is 0 Å². The summed E-state index contributed by atoms with van der Waals surface area (Å²) >= 11 is 0. The number of hydrogen-bond acceptors (Lipinski definition) is 7. The number of carbonyl (C=O) groups is 1. The highest BCUT2D eigenvalue weighted by Gasteiger charge is 2.31. The van der Waals surface area contributed by atoms with E-state index < -0.39 is 0 Å². The summed E-state index contributed by atoms with van der Waals surface area (Å²) in [5.74, 6) is 2.39. The van der Waals surface area contributed by atoms with Gasteiger partial charge in [0.05, 0.1) is 11.9 Å². The van der Waals surface area contributed by atoms with Gasteiger partial charge in [-0.15, -0.1) is 10.2 Å². The van der Waals surface area contributed by atoms with Gasteiger partial charge in [-0.25, -0.2) is 0 Å². The van der Waals surface area contributed by atoms with Crippen LogP contribution in [0.1, 0.15) is 12.0 Å². The zero-order valence-corrected chi connectivity index (χ0v) is 17.1. The van der Waals surface area contributed by atoms with Gasteiger partial charge in [-0.05, 0) is 48.7 Å². The van der Waals surface area contributed by atoms with Gasteiger partial charge in [0, 0.05) is 32.4 Å². The molecule has 2 aliphatic heterocycles. The number of rotatable bonds is 4. The number of benzene rings is 1. The van der Waals surface area contributed by atoms with Crippen molar-refractivity contribution in [1.82, 2.24) is 20.1 Å². The van der Waals surface area contributed by atoms with Crippen LogP contribution in [0.4, 0.5) is 17.3 Å². The molecule has 2 aromatic heterocycles. The van der Waals surface area contributed by atoms with Crippen molar-refractivity contribution in [2.75, 3.05) is 36.4 Å². The number of piperazine rings is 1. The van der Waals surface area contributed by atoms with Crippen LogP contribution in [0, 0.1) is 0 Å². The van der Waals surface area contributed by atoms with E-state index in [-0.39, 0.29) is 12.0 Å². The quantitative estimate of drug-likeness (QED) is 0.700. The van der Waals surface area contributed by atoms with Gasteiger partial charge in [-0.1, -0.05) is 18.2 Å². The summed E-state index contributed by atoms with van der Waals surface area (Å²) in [6, 6.07) is 15.6. The number of anilines is 3. The molecular formula is C23H24N6O2. The third-order valence-electron chi connectivity index (χ3n) is 5.69. The average molecular weight is 416 g/mol. The Balaban J connectivity index is 1.16. The van der Waals surface area contributed by atoms with Gasteiger partial charge < -0.3 is 19.9 Å². The standard InChI is InChI=1S/C23H24N6O2/c30-23(20-8-7-17-4-1-2-6-19(17)31-20)29-14-12-28(13-15-29)22-10-9-21(26-27-22)25-18-5-3-11-24-16-18/h1-6,9-11,16,20H,7-8,12-15H2,(H,25,26). The van der Waals surface area contributed by atoms with Gasteiger partial charge in [0.25, 0.3) is 5.91 Å². The molecule has 0 radical (unpaired) electrons. The summed E-state index contributed by atoms with van der Waals surface area (Å²) in [6.45, 7) is 2.74. The number of nitrogens with one attached hydrogen (secondary N) is 1. The van der Waals surface area contributed by atoms with E-state index in [4.69, 9.17) is 4.74 Å². The molecule has 4 heterocycles. The van der Waals surface area contributed by atoms with Crippen molar-refractivity contribution in [3.63, 3.8) is 0 Å². The van der Waals surface area contributed by atoms with Crippen LogP contribution in [0.25, 0.3) is 0 Å². The highest BCUT2D eigenvalue weighted by Crippen LogP contribution is 2.28. The molecule has 8 nitrogen and oxygen atoms in total. The van der Waals surface area contributed by atoms with E-state index in [0.29, 0.717) is 18.9 Å². The molecular weight excluding hydrogens is 392 g/mol. The zero-order valence-electron chi connectivity index (χ0n) is 17.1. The van der Waals surface area contributed by atoms with Gasteiger partial charge in [-0.2, -0.15) is 0 Å². The van der Waals surface area contributed by atoms with Crippen LogP contribution in [0.5, 0.6) is 5.75 Å². The lowest BCUT2D eigenvalue weighted by atomic mass is 10.0. The van der Waals surface area contributed by atoms with Gasteiger partial charge in [0.1, 0.15) is 5.75 Å². The molecule has 31 heavy (non-hydrogen) atoms. The summed E-state index contributed by atoms with van der Waals surface area (Å²) in [6.07, 6.45) is 4.68. The van der Waals surface area contributed by atoms with E-state index in [2.05, 4.69) is 31.5 Å². The van der Waals surface area contributed by atoms with Crippen LogP contribution in [-0.2, 0) is 11.2 Å². The monoisotopic (exact) mass is 416 g/mol. The first-order valence-electron chi connectivity index (χ1n) is 10.6. The number of carbonyl (C=O) groups excluding carboxylic acids is 1. The Morgan fingerprint density at radius 1 is 1.00 bits per heavy atom. The maximum absolute atomic E-state index is 13.0. The minimum Gasteiger partial charge on any atom is -0.480 e. The number of hydrogen-bond donors (Lipinski definition) is 1. The third kappa shape index (κ3) is 4.28. The van der Waals surface area contributed by atoms with E-state index in [1.54, 1.807) is 12.4 Å². The van der Waals surface area contributed by atoms with Crippen LogP contribution in [-0.4, -0.2) is 58.3 Å². The van der Waals surface area contributed by atoms with Crippen molar-refractivity contribution in [2.45, 2.75) is 18.9 Å². The number of fused-ring (bicyclic) bond motifs is 1. The molecule has 1 atom stereocenters. The van der Waals surface area contributed by atoms with E-state index >= 15 is 0 Å². The number of pyridine rings is 1. The Morgan fingerprint density at radius 2 is 1.87 bits per heavy atom. The maximum Gasteiger partial charge on any atom is 0.263 e. The zero-order chi connectivity index (χ0) is 21.0. The lowest BCUT2D eigenvalue weighted by Crippen LogP contribution is -2.53. The van der Waals surface area contributed by atoms with Crippen molar-refractivity contribution in [2.24, 2.45) is 0 Å². The van der Waals surface area contributed by atoms with Crippen molar-refractivity contribution >= 4 is 23.2 Å².